The molecule has 0 radical (unpaired) electrons. The van der Waals surface area contributed by atoms with Crippen LogP contribution in [-0.4, -0.2) is 44.3 Å². The summed E-state index contributed by atoms with van der Waals surface area (Å²) < 4.78 is 10.4. The summed E-state index contributed by atoms with van der Waals surface area (Å²) in [5, 5.41) is 3.27. The lowest BCUT2D eigenvalue weighted by atomic mass is 9.95. The van der Waals surface area contributed by atoms with Gasteiger partial charge in [-0.2, -0.15) is 0 Å². The van der Waals surface area contributed by atoms with Crippen LogP contribution in [0.3, 0.4) is 0 Å². The number of nitrogens with zero attached hydrogens (tertiary/aromatic N) is 1. The number of carbonyl (C=O) groups is 1. The number of carbonyl (C=O) groups excluding carboxylic acids is 1. The first-order chi connectivity index (χ1) is 11.7. The lowest BCUT2D eigenvalue weighted by Crippen LogP contribution is -2.47. The summed E-state index contributed by atoms with van der Waals surface area (Å²) in [5.41, 5.74) is 1.09. The van der Waals surface area contributed by atoms with Crippen molar-refractivity contribution in [3.63, 3.8) is 0 Å². The van der Waals surface area contributed by atoms with E-state index in [4.69, 9.17) is 9.47 Å². The summed E-state index contributed by atoms with van der Waals surface area (Å²) in [6, 6.07) is 8.25. The number of urea groups is 1. The van der Waals surface area contributed by atoms with Crippen molar-refractivity contribution in [2.75, 3.05) is 27.4 Å². The predicted molar refractivity (Wildman–Crippen MR) is 93.0 cm³/mol. The molecule has 0 heterocycles. The van der Waals surface area contributed by atoms with E-state index in [1.54, 1.807) is 14.2 Å². The Labute approximate surface area is 144 Å². The molecule has 2 aliphatic carbocycles. The molecule has 2 bridgehead atoms. The van der Waals surface area contributed by atoms with E-state index in [-0.39, 0.29) is 6.03 Å². The summed E-state index contributed by atoms with van der Waals surface area (Å²) in [4.78, 5) is 14.6. The molecule has 0 saturated heterocycles. The van der Waals surface area contributed by atoms with Gasteiger partial charge < -0.3 is 19.7 Å². The third kappa shape index (κ3) is 4.01. The third-order valence-electron chi connectivity index (χ3n) is 5.43. The smallest absolute Gasteiger partial charge is 0.318 e. The molecular formula is C19H28N2O3. The van der Waals surface area contributed by atoms with Crippen molar-refractivity contribution in [2.24, 2.45) is 11.8 Å². The van der Waals surface area contributed by atoms with E-state index in [0.29, 0.717) is 31.7 Å². The number of hydrogen-bond acceptors (Lipinski definition) is 3. The molecule has 2 fully saturated rings. The highest BCUT2D eigenvalue weighted by atomic mass is 16.5. The monoisotopic (exact) mass is 332 g/mol. The van der Waals surface area contributed by atoms with Crippen LogP contribution in [0.2, 0.25) is 0 Å². The van der Waals surface area contributed by atoms with E-state index in [2.05, 4.69) is 5.32 Å². The summed E-state index contributed by atoms with van der Waals surface area (Å²) in [6.45, 7) is 1.72. The Kier molecular flexibility index (Phi) is 5.61. The average molecular weight is 332 g/mol. The van der Waals surface area contributed by atoms with Crippen LogP contribution >= 0.6 is 0 Å². The first-order valence-electron chi connectivity index (χ1n) is 8.87. The molecule has 1 aromatic carbocycles. The number of ether oxygens (including phenoxy) is 2. The largest absolute Gasteiger partial charge is 0.497 e. The molecule has 0 aliphatic heterocycles. The lowest BCUT2D eigenvalue weighted by molar-refractivity contribution is 0.142. The van der Waals surface area contributed by atoms with Crippen LogP contribution < -0.4 is 10.1 Å². The minimum Gasteiger partial charge on any atom is -0.497 e. The van der Waals surface area contributed by atoms with E-state index in [0.717, 1.165) is 23.7 Å². The molecule has 3 rings (SSSR count). The van der Waals surface area contributed by atoms with Crippen LogP contribution in [0.25, 0.3) is 0 Å². The van der Waals surface area contributed by atoms with Gasteiger partial charge in [0.25, 0.3) is 0 Å². The van der Waals surface area contributed by atoms with Crippen molar-refractivity contribution in [3.05, 3.63) is 29.8 Å². The maximum atomic E-state index is 12.7. The SMILES string of the molecule is COCCN(Cc1ccc(OC)cc1)C(=O)N[C@@H]1C[C@@H]2CC[C@H]1C2. The van der Waals surface area contributed by atoms with E-state index in [9.17, 15) is 4.79 Å². The summed E-state index contributed by atoms with van der Waals surface area (Å²) >= 11 is 0. The topological polar surface area (TPSA) is 50.8 Å². The van der Waals surface area contributed by atoms with Crippen molar-refractivity contribution >= 4 is 6.03 Å². The van der Waals surface area contributed by atoms with Gasteiger partial charge in [0.15, 0.2) is 0 Å². The molecule has 1 N–H and O–H groups in total. The van der Waals surface area contributed by atoms with Gasteiger partial charge in [-0.1, -0.05) is 18.6 Å². The first kappa shape index (κ1) is 17.1. The van der Waals surface area contributed by atoms with E-state index in [1.165, 1.54) is 19.3 Å². The van der Waals surface area contributed by atoms with E-state index < -0.39 is 0 Å². The minimum absolute atomic E-state index is 0.0282. The zero-order chi connectivity index (χ0) is 16.9. The molecule has 0 aromatic heterocycles. The quantitative estimate of drug-likeness (QED) is 0.835. The van der Waals surface area contributed by atoms with Gasteiger partial charge in [-0.3, -0.25) is 0 Å². The number of fused-ring (bicyclic) bond motifs is 2. The Morgan fingerprint density at radius 1 is 1.21 bits per heavy atom. The van der Waals surface area contributed by atoms with Crippen LogP contribution in [0.5, 0.6) is 5.75 Å². The fourth-order valence-corrected chi connectivity index (χ4v) is 4.08. The standard InChI is InChI=1S/C19H28N2O3/c1-23-10-9-21(13-14-4-7-17(24-2)8-5-14)19(22)20-18-12-15-3-6-16(18)11-15/h4-5,7-8,15-16,18H,3,6,9-13H2,1-2H3,(H,20,22)/t15-,16+,18-/m1/s1. The first-order valence-corrected chi connectivity index (χ1v) is 8.87. The van der Waals surface area contributed by atoms with Gasteiger partial charge in [0.2, 0.25) is 0 Å². The molecule has 2 aliphatic rings. The van der Waals surface area contributed by atoms with E-state index in [1.807, 2.05) is 29.2 Å². The fourth-order valence-electron chi connectivity index (χ4n) is 4.08. The van der Waals surface area contributed by atoms with Crippen molar-refractivity contribution in [1.82, 2.24) is 10.2 Å². The highest BCUT2D eigenvalue weighted by Gasteiger charge is 2.40. The number of amides is 2. The molecular weight excluding hydrogens is 304 g/mol. The van der Waals surface area contributed by atoms with Gasteiger partial charge >= 0.3 is 6.03 Å². The van der Waals surface area contributed by atoms with Gasteiger partial charge in [0, 0.05) is 26.2 Å². The maximum Gasteiger partial charge on any atom is 0.318 e. The zero-order valence-corrected chi connectivity index (χ0v) is 14.7. The Bertz CT molecular complexity index is 546. The summed E-state index contributed by atoms with van der Waals surface area (Å²) in [5.74, 6) is 2.34. The molecule has 132 valence electrons. The normalized spacial score (nSPS) is 24.8. The number of methoxy groups -OCH3 is 2. The predicted octanol–water partition coefficient (Wildman–Crippen LogP) is 3.04. The van der Waals surface area contributed by atoms with Crippen molar-refractivity contribution in [3.8, 4) is 5.75 Å². The Morgan fingerprint density at radius 3 is 2.58 bits per heavy atom. The number of rotatable bonds is 7. The fraction of sp³-hybridized carbons (Fsp3) is 0.632. The second-order valence-corrected chi connectivity index (χ2v) is 6.99. The van der Waals surface area contributed by atoms with Crippen LogP contribution in [0, 0.1) is 11.8 Å². The molecule has 1 aromatic rings. The van der Waals surface area contributed by atoms with E-state index >= 15 is 0 Å². The van der Waals surface area contributed by atoms with Crippen molar-refractivity contribution < 1.29 is 14.3 Å². The van der Waals surface area contributed by atoms with Crippen molar-refractivity contribution in [2.45, 2.75) is 38.3 Å². The molecule has 2 amide bonds. The van der Waals surface area contributed by atoms with Crippen molar-refractivity contribution in [1.29, 1.82) is 0 Å². The number of benzene rings is 1. The Balaban J connectivity index is 1.60. The van der Waals surface area contributed by atoms with Gasteiger partial charge in [-0.05, 0) is 48.8 Å². The lowest BCUT2D eigenvalue weighted by Gasteiger charge is -2.28. The van der Waals surface area contributed by atoms with Crippen LogP contribution in [-0.2, 0) is 11.3 Å². The minimum atomic E-state index is 0.0282. The highest BCUT2D eigenvalue weighted by molar-refractivity contribution is 5.74. The second-order valence-electron chi connectivity index (χ2n) is 6.99. The molecule has 0 unspecified atom stereocenters. The zero-order valence-electron chi connectivity index (χ0n) is 14.7. The summed E-state index contributed by atoms with van der Waals surface area (Å²) in [6.07, 6.45) is 5.06. The van der Waals surface area contributed by atoms with Crippen LogP contribution in [0.15, 0.2) is 24.3 Å². The van der Waals surface area contributed by atoms with Gasteiger partial charge in [-0.15, -0.1) is 0 Å². The van der Waals surface area contributed by atoms with Gasteiger partial charge in [0.1, 0.15) is 5.75 Å². The van der Waals surface area contributed by atoms with Gasteiger partial charge in [-0.25, -0.2) is 4.79 Å². The average Bonchev–Trinajstić information content (AvgIpc) is 3.22. The molecule has 0 spiro atoms. The molecule has 24 heavy (non-hydrogen) atoms. The molecule has 2 saturated carbocycles. The third-order valence-corrected chi connectivity index (χ3v) is 5.43. The second kappa shape index (κ2) is 7.88. The maximum absolute atomic E-state index is 12.7. The molecule has 5 nitrogen and oxygen atoms in total. The number of nitrogens with one attached hydrogen (secondary N) is 1. The highest BCUT2D eigenvalue weighted by Crippen LogP contribution is 2.44. The van der Waals surface area contributed by atoms with Gasteiger partial charge in [0.05, 0.1) is 13.7 Å². The van der Waals surface area contributed by atoms with Crippen LogP contribution in [0.1, 0.15) is 31.2 Å². The number of hydrogen-bond donors (Lipinski definition) is 1. The Morgan fingerprint density at radius 2 is 2.00 bits per heavy atom. The molecule has 3 atom stereocenters. The van der Waals surface area contributed by atoms with Crippen LogP contribution in [0.4, 0.5) is 4.79 Å². The Hall–Kier alpha value is -1.75. The molecule has 5 heteroatoms. The summed E-state index contributed by atoms with van der Waals surface area (Å²) in [7, 11) is 3.32.